The lowest BCUT2D eigenvalue weighted by Crippen LogP contribution is -2.30. The molecule has 0 fully saturated rings. The fourth-order valence-electron chi connectivity index (χ4n) is 2.26. The molecule has 3 N–H and O–H groups in total. The van der Waals surface area contributed by atoms with Crippen molar-refractivity contribution in [3.05, 3.63) is 35.4 Å². The lowest BCUT2D eigenvalue weighted by atomic mass is 9.89. The highest BCUT2D eigenvalue weighted by Gasteiger charge is 2.29. The number of rotatable bonds is 5. The van der Waals surface area contributed by atoms with Crippen LogP contribution in [-0.2, 0) is 10.3 Å². The Morgan fingerprint density at radius 1 is 1.57 bits per heavy atom. The standard InChI is InChI=1S/C15H21N3O2S/c1-15(6-9-21-14(16)18-15)12-5-3-4-11(10-12)13(19)17-7-8-20-2/h3-5,10H,6-9H2,1-2H3,(H2,16,18)(H,17,19). The number of benzene rings is 1. The Morgan fingerprint density at radius 2 is 2.38 bits per heavy atom. The monoisotopic (exact) mass is 307 g/mol. The second-order valence-corrected chi connectivity index (χ2v) is 6.27. The average molecular weight is 307 g/mol. The number of nitrogens with zero attached hydrogens (tertiary/aromatic N) is 1. The van der Waals surface area contributed by atoms with Crippen molar-refractivity contribution in [1.29, 1.82) is 0 Å². The van der Waals surface area contributed by atoms with Gasteiger partial charge >= 0.3 is 0 Å². The molecule has 1 aliphatic heterocycles. The Balaban J connectivity index is 2.17. The van der Waals surface area contributed by atoms with E-state index in [4.69, 9.17) is 10.5 Å². The number of aliphatic imine (C=N–C) groups is 1. The van der Waals surface area contributed by atoms with E-state index in [0.717, 1.165) is 17.7 Å². The van der Waals surface area contributed by atoms with E-state index < -0.39 is 0 Å². The molecule has 1 aliphatic rings. The predicted molar refractivity (Wildman–Crippen MR) is 86.7 cm³/mol. The van der Waals surface area contributed by atoms with Gasteiger partial charge in [0.15, 0.2) is 5.17 Å². The molecule has 5 nitrogen and oxygen atoms in total. The van der Waals surface area contributed by atoms with Crippen molar-refractivity contribution in [3.8, 4) is 0 Å². The van der Waals surface area contributed by atoms with E-state index in [1.54, 1.807) is 24.9 Å². The molecule has 2 rings (SSSR count). The van der Waals surface area contributed by atoms with Crippen LogP contribution in [0.1, 0.15) is 29.3 Å². The van der Waals surface area contributed by atoms with Gasteiger partial charge in [-0.05, 0) is 31.0 Å². The average Bonchev–Trinajstić information content (AvgIpc) is 2.47. The van der Waals surface area contributed by atoms with Gasteiger partial charge in [0.1, 0.15) is 0 Å². The molecule has 6 heteroatoms. The molecular formula is C15H21N3O2S. The molecule has 1 aromatic carbocycles. The number of hydrogen-bond donors (Lipinski definition) is 2. The summed E-state index contributed by atoms with van der Waals surface area (Å²) in [4.78, 5) is 16.7. The summed E-state index contributed by atoms with van der Waals surface area (Å²) in [7, 11) is 1.61. The molecule has 21 heavy (non-hydrogen) atoms. The Kier molecular flexibility index (Phi) is 5.25. The number of hydrogen-bond acceptors (Lipinski definition) is 5. The van der Waals surface area contributed by atoms with Crippen molar-refractivity contribution < 1.29 is 9.53 Å². The lowest BCUT2D eigenvalue weighted by Gasteiger charge is -2.30. The van der Waals surface area contributed by atoms with Crippen molar-refractivity contribution in [1.82, 2.24) is 5.32 Å². The molecule has 1 unspecified atom stereocenters. The SMILES string of the molecule is COCCNC(=O)c1cccc(C2(C)CCSC(N)=N2)c1. The number of thioether (sulfide) groups is 1. The first-order valence-corrected chi connectivity index (χ1v) is 7.89. The van der Waals surface area contributed by atoms with Crippen LogP contribution in [0.4, 0.5) is 0 Å². The number of methoxy groups -OCH3 is 1. The van der Waals surface area contributed by atoms with E-state index in [1.807, 2.05) is 18.2 Å². The Hall–Kier alpha value is -1.53. The zero-order chi connectivity index (χ0) is 15.3. The molecule has 0 saturated heterocycles. The summed E-state index contributed by atoms with van der Waals surface area (Å²) in [6.45, 7) is 3.06. The number of ether oxygens (including phenoxy) is 1. The normalized spacial score (nSPS) is 21.7. The minimum Gasteiger partial charge on any atom is -0.383 e. The van der Waals surface area contributed by atoms with Gasteiger partial charge in [0.05, 0.1) is 12.1 Å². The van der Waals surface area contributed by atoms with Crippen LogP contribution >= 0.6 is 11.8 Å². The molecule has 0 aliphatic carbocycles. The van der Waals surface area contributed by atoms with Gasteiger partial charge in [0.25, 0.3) is 5.91 Å². The molecule has 0 bridgehead atoms. The van der Waals surface area contributed by atoms with Crippen molar-refractivity contribution in [2.75, 3.05) is 26.0 Å². The molecule has 0 saturated carbocycles. The maximum Gasteiger partial charge on any atom is 0.251 e. The second-order valence-electron chi connectivity index (χ2n) is 5.15. The van der Waals surface area contributed by atoms with Crippen LogP contribution in [0.15, 0.2) is 29.3 Å². The number of amides is 1. The minimum atomic E-state index is -0.349. The van der Waals surface area contributed by atoms with Gasteiger partial charge in [-0.15, -0.1) is 0 Å². The third-order valence-electron chi connectivity index (χ3n) is 3.53. The lowest BCUT2D eigenvalue weighted by molar-refractivity contribution is 0.0937. The summed E-state index contributed by atoms with van der Waals surface area (Å²) < 4.78 is 4.93. The Morgan fingerprint density at radius 3 is 3.10 bits per heavy atom. The first kappa shape index (κ1) is 15.9. The zero-order valence-electron chi connectivity index (χ0n) is 12.4. The van der Waals surface area contributed by atoms with Crippen LogP contribution in [-0.4, -0.2) is 37.1 Å². The van der Waals surface area contributed by atoms with Crippen molar-refractivity contribution in [2.24, 2.45) is 10.7 Å². The predicted octanol–water partition coefficient (Wildman–Crippen LogP) is 1.73. The summed E-state index contributed by atoms with van der Waals surface area (Å²) in [5.74, 6) is 0.843. The van der Waals surface area contributed by atoms with Gasteiger partial charge in [-0.3, -0.25) is 9.79 Å². The molecular weight excluding hydrogens is 286 g/mol. The van der Waals surface area contributed by atoms with Crippen molar-refractivity contribution >= 4 is 22.8 Å². The summed E-state index contributed by atoms with van der Waals surface area (Å²) in [5.41, 5.74) is 7.15. The van der Waals surface area contributed by atoms with Crippen LogP contribution in [0.5, 0.6) is 0 Å². The van der Waals surface area contributed by atoms with E-state index in [1.165, 1.54) is 0 Å². The summed E-state index contributed by atoms with van der Waals surface area (Å²) in [5, 5.41) is 3.43. The quantitative estimate of drug-likeness (QED) is 0.812. The van der Waals surface area contributed by atoms with Crippen LogP contribution < -0.4 is 11.1 Å². The highest BCUT2D eigenvalue weighted by atomic mass is 32.2. The Labute approximate surface area is 129 Å². The topological polar surface area (TPSA) is 76.7 Å². The van der Waals surface area contributed by atoms with Crippen LogP contribution in [0.25, 0.3) is 0 Å². The summed E-state index contributed by atoms with van der Waals surface area (Å²) in [6, 6.07) is 7.59. The number of carbonyl (C=O) groups excluding carboxylic acids is 1. The smallest absolute Gasteiger partial charge is 0.251 e. The van der Waals surface area contributed by atoms with E-state index in [-0.39, 0.29) is 11.4 Å². The van der Waals surface area contributed by atoms with Crippen LogP contribution in [0.3, 0.4) is 0 Å². The number of carbonyl (C=O) groups is 1. The zero-order valence-corrected chi connectivity index (χ0v) is 13.2. The van der Waals surface area contributed by atoms with Gasteiger partial charge in [-0.1, -0.05) is 23.9 Å². The van der Waals surface area contributed by atoms with Gasteiger partial charge in [0.2, 0.25) is 0 Å². The number of nitrogens with one attached hydrogen (secondary N) is 1. The van der Waals surface area contributed by atoms with Crippen LogP contribution in [0, 0.1) is 0 Å². The maximum atomic E-state index is 12.1. The third-order valence-corrected chi connectivity index (χ3v) is 4.33. The molecule has 0 spiro atoms. The van der Waals surface area contributed by atoms with E-state index in [9.17, 15) is 4.79 Å². The van der Waals surface area contributed by atoms with Gasteiger partial charge in [0, 0.05) is 25.0 Å². The molecule has 1 atom stereocenters. The second kappa shape index (κ2) is 6.95. The van der Waals surface area contributed by atoms with Gasteiger partial charge in [-0.2, -0.15) is 0 Å². The maximum absolute atomic E-state index is 12.1. The highest BCUT2D eigenvalue weighted by molar-refractivity contribution is 8.13. The molecule has 0 aromatic heterocycles. The summed E-state index contributed by atoms with van der Waals surface area (Å²) >= 11 is 1.57. The third kappa shape index (κ3) is 3.98. The van der Waals surface area contributed by atoms with Crippen molar-refractivity contribution in [3.63, 3.8) is 0 Å². The minimum absolute atomic E-state index is 0.0976. The first-order chi connectivity index (χ1) is 10.0. The van der Waals surface area contributed by atoms with E-state index in [0.29, 0.717) is 23.9 Å². The fourth-order valence-corrected chi connectivity index (χ4v) is 3.23. The Bertz CT molecular complexity index is 547. The molecule has 1 heterocycles. The summed E-state index contributed by atoms with van der Waals surface area (Å²) in [6.07, 6.45) is 0.910. The molecule has 0 radical (unpaired) electrons. The number of amidine groups is 1. The number of nitrogens with two attached hydrogens (primary N) is 1. The fraction of sp³-hybridized carbons (Fsp3) is 0.467. The van der Waals surface area contributed by atoms with Gasteiger partial charge in [-0.25, -0.2) is 0 Å². The first-order valence-electron chi connectivity index (χ1n) is 6.91. The largest absolute Gasteiger partial charge is 0.383 e. The van der Waals surface area contributed by atoms with E-state index >= 15 is 0 Å². The molecule has 1 aromatic rings. The van der Waals surface area contributed by atoms with Crippen LogP contribution in [0.2, 0.25) is 0 Å². The van der Waals surface area contributed by atoms with E-state index in [2.05, 4.69) is 17.2 Å². The highest BCUT2D eigenvalue weighted by Crippen LogP contribution is 2.35. The molecule has 114 valence electrons. The van der Waals surface area contributed by atoms with Crippen molar-refractivity contribution in [2.45, 2.75) is 18.9 Å². The van der Waals surface area contributed by atoms with Gasteiger partial charge < -0.3 is 15.8 Å². The molecule has 1 amide bonds.